The number of aryl methyl sites for hydroxylation is 3. The Morgan fingerprint density at radius 1 is 0.583 bits per heavy atom. The van der Waals surface area contributed by atoms with Crippen LogP contribution in [0.5, 0.6) is 0 Å². The molecule has 3 aromatic heterocycles. The van der Waals surface area contributed by atoms with E-state index in [0.717, 1.165) is 74.5 Å². The Labute approximate surface area is 495 Å². The maximum Gasteiger partial charge on any atom is 0.413 e. The lowest BCUT2D eigenvalue weighted by atomic mass is 9.76. The predicted molar refractivity (Wildman–Crippen MR) is 321 cm³/mol. The monoisotopic (exact) mass is 1160 g/mol. The van der Waals surface area contributed by atoms with Gasteiger partial charge in [-0.05, 0) is 211 Å². The molecule has 21 nitrogen and oxygen atoms in total. The Morgan fingerprint density at radius 3 is 1.54 bits per heavy atom. The van der Waals surface area contributed by atoms with Crippen LogP contribution in [0.3, 0.4) is 0 Å². The molecule has 0 radical (unpaired) electrons. The molecule has 6 fully saturated rings. The van der Waals surface area contributed by atoms with E-state index in [-0.39, 0.29) is 30.9 Å². The second kappa shape index (κ2) is 30.7. The summed E-state index contributed by atoms with van der Waals surface area (Å²) in [7, 11) is 0. The van der Waals surface area contributed by atoms with Gasteiger partial charge in [-0.3, -0.25) is 39.1 Å². The first-order valence-electron chi connectivity index (χ1n) is 30.3. The van der Waals surface area contributed by atoms with Gasteiger partial charge in [-0.25, -0.2) is 19.6 Å². The highest BCUT2D eigenvalue weighted by Gasteiger charge is 2.39. The van der Waals surface area contributed by atoms with Gasteiger partial charge in [-0.2, -0.15) is 0 Å². The normalized spacial score (nSPS) is 19.9. The van der Waals surface area contributed by atoms with E-state index in [1.165, 1.54) is 89.3 Å². The fourth-order valence-electron chi connectivity index (χ4n) is 11.3. The van der Waals surface area contributed by atoms with E-state index in [9.17, 15) is 38.4 Å². The standard InChI is InChI=1S/C23H33N3O4.C17H24N4O2.C14H18N2O5.C9H17N/c1-15-12-17(14-24-18(15)13-20(27)30-23(2,3)4)25-21(28)22(29)26-11-6-5-10-19(26)16-8-7-9-16;1-11-9-13(10-19-15(11)18)20-16(22)17(23)21-8-3-2-7-14(21)12-5-4-6-12;1-8-5-9(6-10(17)12(18)19)7-15-11(8)16-13(20)21-14(2,3)4;1-2-7-10-9(6-1)8-4-3-5-8/h12,14,16,19H,5-11,13H2,1-4H3,(H,25,28);9-10,12,14H,2-8H2,1H3,(H2,18,19)(H,20,22);5,7H,6H2,1-4H3,(H,18,19)(H,15,16,20);8-10H,1-7H2. The molecule has 3 aliphatic heterocycles. The molecule has 0 bridgehead atoms. The van der Waals surface area contributed by atoms with E-state index in [2.05, 4.69) is 36.2 Å². The van der Waals surface area contributed by atoms with Crippen molar-refractivity contribution >= 4 is 70.5 Å². The number of aliphatic carboxylic acids is 1. The largest absolute Gasteiger partial charge is 0.475 e. The molecular weight excluding hydrogens is 1070 g/mol. The van der Waals surface area contributed by atoms with Crippen LogP contribution < -0.4 is 27.0 Å². The van der Waals surface area contributed by atoms with Gasteiger partial charge in [0, 0.05) is 43.8 Å². The summed E-state index contributed by atoms with van der Waals surface area (Å²) in [6, 6.07) is 6.40. The number of carboxylic acids is 1. The highest BCUT2D eigenvalue weighted by atomic mass is 16.6. The molecule has 3 saturated heterocycles. The number of ether oxygens (including phenoxy) is 2. The molecule has 3 aliphatic carbocycles. The maximum absolute atomic E-state index is 12.8. The maximum atomic E-state index is 12.8. The Morgan fingerprint density at radius 2 is 1.10 bits per heavy atom. The van der Waals surface area contributed by atoms with Crippen LogP contribution in [0.4, 0.5) is 27.8 Å². The molecule has 7 N–H and O–H groups in total. The van der Waals surface area contributed by atoms with Gasteiger partial charge in [0.15, 0.2) is 0 Å². The molecule has 0 aromatic carbocycles. The molecule has 5 amide bonds. The number of Topliss-reactive ketones (excluding diaryl/α,β-unsaturated/α-hetero) is 1. The van der Waals surface area contributed by atoms with Crippen molar-refractivity contribution in [2.45, 2.75) is 220 Å². The number of carbonyl (C=O) groups excluding carboxylic acids is 7. The lowest BCUT2D eigenvalue weighted by Gasteiger charge is -2.43. The molecule has 3 saturated carbocycles. The van der Waals surface area contributed by atoms with Gasteiger partial charge in [0.25, 0.3) is 0 Å². The van der Waals surface area contributed by atoms with Crippen LogP contribution in [-0.2, 0) is 55.9 Å². The molecule has 9 rings (SSSR count). The molecule has 3 atom stereocenters. The Kier molecular flexibility index (Phi) is 24.1. The molecule has 460 valence electrons. The van der Waals surface area contributed by atoms with E-state index >= 15 is 0 Å². The SMILES string of the molecule is C1CCC(C2CCC2)NC1.Cc1cc(CC(=O)C(=O)O)cnc1NC(=O)OC(C)(C)C.Cc1cc(NC(=O)C(=O)N2CCCCC2C2CCC2)cnc1CC(=O)OC(C)(C)C.Cc1cc(NC(=O)C(=O)N2CCCCC2C2CCC2)cnc1N. The summed E-state index contributed by atoms with van der Waals surface area (Å²) in [4.78, 5) is 111. The number of rotatable bonds is 11. The number of nitrogens with zero attached hydrogens (tertiary/aromatic N) is 5. The number of pyridine rings is 3. The lowest BCUT2D eigenvalue weighted by molar-refractivity contribution is -0.154. The summed E-state index contributed by atoms with van der Waals surface area (Å²) in [5.41, 5.74) is 8.67. The van der Waals surface area contributed by atoms with Crippen molar-refractivity contribution in [2.75, 3.05) is 41.3 Å². The first-order chi connectivity index (χ1) is 39.7. The van der Waals surface area contributed by atoms with Gasteiger partial charge >= 0.3 is 41.7 Å². The topological polar surface area (TPSA) is 295 Å². The summed E-state index contributed by atoms with van der Waals surface area (Å²) >= 11 is 0. The van der Waals surface area contributed by atoms with Crippen molar-refractivity contribution in [3.63, 3.8) is 0 Å². The van der Waals surface area contributed by atoms with E-state index in [1.54, 1.807) is 55.7 Å². The third-order valence-corrected chi connectivity index (χ3v) is 16.4. The van der Waals surface area contributed by atoms with Crippen molar-refractivity contribution in [3.05, 3.63) is 64.7 Å². The summed E-state index contributed by atoms with van der Waals surface area (Å²) in [6.45, 7) is 18.6. The van der Waals surface area contributed by atoms with Gasteiger partial charge in [0.05, 0.1) is 35.9 Å². The van der Waals surface area contributed by atoms with Crippen LogP contribution in [0.15, 0.2) is 36.8 Å². The van der Waals surface area contributed by atoms with Crippen molar-refractivity contribution in [1.82, 2.24) is 30.1 Å². The van der Waals surface area contributed by atoms with Gasteiger partial charge in [-0.1, -0.05) is 31.7 Å². The molecule has 3 aromatic rings. The fourth-order valence-corrected chi connectivity index (χ4v) is 11.3. The number of likely N-dealkylation sites (tertiary alicyclic amines) is 2. The number of amides is 5. The van der Waals surface area contributed by atoms with Crippen LogP contribution in [-0.4, -0.2) is 126 Å². The average molecular weight is 1170 g/mol. The number of ketones is 1. The Bertz CT molecular complexity index is 2790. The number of piperidine rings is 3. The van der Waals surface area contributed by atoms with Crippen molar-refractivity contribution < 1.29 is 52.9 Å². The first-order valence-corrected chi connectivity index (χ1v) is 30.3. The van der Waals surface area contributed by atoms with Gasteiger partial charge < -0.3 is 46.1 Å². The van der Waals surface area contributed by atoms with Crippen LogP contribution in [0, 0.1) is 38.5 Å². The second-order valence-corrected chi connectivity index (χ2v) is 25.4. The summed E-state index contributed by atoms with van der Waals surface area (Å²) in [5, 5.41) is 20.0. The third kappa shape index (κ3) is 20.4. The lowest BCUT2D eigenvalue weighted by Crippen LogP contribution is -2.52. The van der Waals surface area contributed by atoms with Crippen LogP contribution in [0.25, 0.3) is 0 Å². The van der Waals surface area contributed by atoms with Crippen LogP contribution in [0.1, 0.15) is 185 Å². The van der Waals surface area contributed by atoms with Crippen molar-refractivity contribution in [1.29, 1.82) is 0 Å². The Hall–Kier alpha value is -7.03. The van der Waals surface area contributed by atoms with Gasteiger partial charge in [-0.15, -0.1) is 0 Å². The molecule has 21 heteroatoms. The minimum absolute atomic E-state index is 0.0626. The van der Waals surface area contributed by atoms with E-state index in [4.69, 9.17) is 20.3 Å². The first kappa shape index (κ1) is 66.1. The Balaban J connectivity index is 0.000000189. The van der Waals surface area contributed by atoms with E-state index in [1.807, 2.05) is 34.6 Å². The number of carboxylic acid groups (broad SMARTS) is 1. The third-order valence-electron chi connectivity index (χ3n) is 16.4. The number of aromatic nitrogens is 3. The number of esters is 1. The van der Waals surface area contributed by atoms with E-state index < -0.39 is 52.7 Å². The van der Waals surface area contributed by atoms with Gasteiger partial charge in [0.2, 0.25) is 5.78 Å². The number of nitrogen functional groups attached to an aromatic ring is 1. The summed E-state index contributed by atoms with van der Waals surface area (Å²) < 4.78 is 10.4. The smallest absolute Gasteiger partial charge is 0.413 e. The zero-order valence-corrected chi connectivity index (χ0v) is 51.0. The van der Waals surface area contributed by atoms with E-state index in [0.29, 0.717) is 64.8 Å². The summed E-state index contributed by atoms with van der Waals surface area (Å²) in [6.07, 6.45) is 25.6. The number of nitrogens with one attached hydrogen (secondary N) is 4. The number of carbonyl (C=O) groups is 8. The fraction of sp³-hybridized carbons (Fsp3) is 0.635. The molecule has 3 unspecified atom stereocenters. The molecule has 0 spiro atoms. The summed E-state index contributed by atoms with van der Waals surface area (Å²) in [5.74, 6) is -1.93. The van der Waals surface area contributed by atoms with Crippen molar-refractivity contribution in [2.24, 2.45) is 17.8 Å². The zero-order valence-electron chi connectivity index (χ0n) is 51.0. The quantitative estimate of drug-likeness (QED) is 0.0770. The zero-order chi connectivity index (χ0) is 61.3. The minimum atomic E-state index is -1.48. The molecule has 6 heterocycles. The van der Waals surface area contributed by atoms with Crippen LogP contribution in [0.2, 0.25) is 0 Å². The highest BCUT2D eigenvalue weighted by Crippen LogP contribution is 2.38. The van der Waals surface area contributed by atoms with Crippen LogP contribution >= 0.6 is 0 Å². The second-order valence-electron chi connectivity index (χ2n) is 25.4. The number of nitrogens with two attached hydrogens (primary N) is 1. The number of anilines is 4. The highest BCUT2D eigenvalue weighted by molar-refractivity contribution is 6.40. The number of hydrogen-bond acceptors (Lipinski definition) is 15. The molecule has 6 aliphatic rings. The average Bonchev–Trinajstić information content (AvgIpc) is 3.17. The predicted octanol–water partition coefficient (Wildman–Crippen LogP) is 9.35. The van der Waals surface area contributed by atoms with Gasteiger partial charge in [0.1, 0.15) is 22.8 Å². The molecule has 84 heavy (non-hydrogen) atoms. The molecular formula is C63H92N10O11. The van der Waals surface area contributed by atoms with Crippen molar-refractivity contribution in [3.8, 4) is 0 Å². The minimum Gasteiger partial charge on any atom is -0.475 e. The number of hydrogen-bond donors (Lipinski definition) is 6.